The fourth-order valence-electron chi connectivity index (χ4n) is 3.99. The molecule has 0 aliphatic carbocycles. The molecule has 24 heavy (non-hydrogen) atoms. The van der Waals surface area contributed by atoms with Gasteiger partial charge in [-0.15, -0.1) is 0 Å². The van der Waals surface area contributed by atoms with Gasteiger partial charge in [-0.2, -0.15) is 0 Å². The Kier molecular flexibility index (Phi) is 6.01. The van der Waals surface area contributed by atoms with Gasteiger partial charge >= 0.3 is 0 Å². The quantitative estimate of drug-likeness (QED) is 0.639. The Morgan fingerprint density at radius 1 is 1.12 bits per heavy atom. The molecule has 0 unspecified atom stereocenters. The zero-order valence-electron chi connectivity index (χ0n) is 14.3. The van der Waals surface area contributed by atoms with Crippen LogP contribution < -0.4 is 10.2 Å². The van der Waals surface area contributed by atoms with E-state index in [1.54, 1.807) is 12.1 Å². The van der Waals surface area contributed by atoms with E-state index in [-0.39, 0.29) is 5.69 Å². The van der Waals surface area contributed by atoms with E-state index < -0.39 is 4.92 Å². The Balaban J connectivity index is 1.38. The van der Waals surface area contributed by atoms with Crippen molar-refractivity contribution in [2.75, 3.05) is 31.1 Å². The largest absolute Gasteiger partial charge is 0.357 e. The number of rotatable bonds is 6. The van der Waals surface area contributed by atoms with Crippen LogP contribution in [0.2, 0.25) is 0 Å². The second kappa shape index (κ2) is 8.42. The van der Waals surface area contributed by atoms with Gasteiger partial charge in [0.25, 0.3) is 5.69 Å². The summed E-state index contributed by atoms with van der Waals surface area (Å²) in [6.07, 6.45) is 10.6. The van der Waals surface area contributed by atoms with Gasteiger partial charge in [-0.1, -0.05) is 19.3 Å². The molecule has 0 radical (unpaired) electrons. The molecular weight excluding hydrogens is 304 g/mol. The highest BCUT2D eigenvalue weighted by molar-refractivity contribution is 5.43. The predicted octanol–water partition coefficient (Wildman–Crippen LogP) is 3.38. The molecule has 3 heterocycles. The Morgan fingerprint density at radius 2 is 1.79 bits per heavy atom. The van der Waals surface area contributed by atoms with Crippen molar-refractivity contribution in [2.24, 2.45) is 11.8 Å². The number of piperidine rings is 2. The number of hydrogen-bond donors (Lipinski definition) is 1. The molecule has 1 aromatic heterocycles. The van der Waals surface area contributed by atoms with E-state index in [0.717, 1.165) is 30.7 Å². The van der Waals surface area contributed by atoms with E-state index in [4.69, 9.17) is 0 Å². The molecule has 3 rings (SSSR count). The molecule has 6 nitrogen and oxygen atoms in total. The van der Waals surface area contributed by atoms with E-state index >= 15 is 0 Å². The van der Waals surface area contributed by atoms with Crippen molar-refractivity contribution in [2.45, 2.75) is 44.9 Å². The number of nitrogens with one attached hydrogen (secondary N) is 1. The summed E-state index contributed by atoms with van der Waals surface area (Å²) in [6, 6.07) is 3.32. The van der Waals surface area contributed by atoms with Crippen LogP contribution in [0.5, 0.6) is 0 Å². The van der Waals surface area contributed by atoms with E-state index in [2.05, 4.69) is 15.2 Å². The second-order valence-electron chi connectivity index (χ2n) is 7.19. The molecule has 6 heteroatoms. The third kappa shape index (κ3) is 4.66. The lowest BCUT2D eigenvalue weighted by Crippen LogP contribution is -2.34. The average Bonchev–Trinajstić information content (AvgIpc) is 2.63. The maximum Gasteiger partial charge on any atom is 0.287 e. The molecule has 0 amide bonds. The molecule has 0 spiro atoms. The third-order valence-electron chi connectivity index (χ3n) is 5.57. The highest BCUT2D eigenvalue weighted by atomic mass is 16.6. The monoisotopic (exact) mass is 332 g/mol. The van der Waals surface area contributed by atoms with Gasteiger partial charge in [-0.3, -0.25) is 10.1 Å². The fraction of sp³-hybridized carbons (Fsp3) is 0.722. The lowest BCUT2D eigenvalue weighted by molar-refractivity contribution is -0.385. The molecule has 0 bridgehead atoms. The summed E-state index contributed by atoms with van der Waals surface area (Å²) in [5.74, 6) is 2.64. The van der Waals surface area contributed by atoms with Crippen LogP contribution in [0.1, 0.15) is 44.9 Å². The van der Waals surface area contributed by atoms with Crippen LogP contribution in [-0.4, -0.2) is 36.1 Å². The van der Waals surface area contributed by atoms with Crippen molar-refractivity contribution >= 4 is 11.5 Å². The van der Waals surface area contributed by atoms with Crippen LogP contribution in [0.15, 0.2) is 18.3 Å². The zero-order chi connectivity index (χ0) is 16.8. The summed E-state index contributed by atoms with van der Waals surface area (Å²) >= 11 is 0. The highest BCUT2D eigenvalue weighted by Crippen LogP contribution is 2.28. The Labute approximate surface area is 143 Å². The number of nitro groups is 1. The van der Waals surface area contributed by atoms with Gasteiger partial charge in [0, 0.05) is 19.2 Å². The van der Waals surface area contributed by atoms with Crippen molar-refractivity contribution in [1.29, 1.82) is 0 Å². The molecule has 2 saturated heterocycles. The van der Waals surface area contributed by atoms with Gasteiger partial charge < -0.3 is 10.2 Å². The minimum atomic E-state index is -0.397. The average molecular weight is 332 g/mol. The van der Waals surface area contributed by atoms with Crippen LogP contribution >= 0.6 is 0 Å². The van der Waals surface area contributed by atoms with Gasteiger partial charge in [0.1, 0.15) is 12.0 Å². The molecule has 2 fully saturated rings. The van der Waals surface area contributed by atoms with Gasteiger partial charge in [-0.05, 0) is 56.7 Å². The summed E-state index contributed by atoms with van der Waals surface area (Å²) in [4.78, 5) is 16.8. The minimum Gasteiger partial charge on any atom is -0.357 e. The third-order valence-corrected chi connectivity index (χ3v) is 5.57. The van der Waals surface area contributed by atoms with E-state index in [0.29, 0.717) is 0 Å². The van der Waals surface area contributed by atoms with Crippen LogP contribution in [0.4, 0.5) is 11.5 Å². The Morgan fingerprint density at radius 3 is 2.38 bits per heavy atom. The van der Waals surface area contributed by atoms with Crippen molar-refractivity contribution < 1.29 is 4.92 Å². The Hall–Kier alpha value is -1.69. The van der Waals surface area contributed by atoms with Crippen LogP contribution in [0.25, 0.3) is 0 Å². The SMILES string of the molecule is O=[N+]([O-])c1ccc(N2CCC(CCCC3CCNCC3)CC2)nc1. The summed E-state index contributed by atoms with van der Waals surface area (Å²) in [5.41, 5.74) is 0.0616. The first-order valence-electron chi connectivity index (χ1n) is 9.28. The topological polar surface area (TPSA) is 71.3 Å². The molecule has 132 valence electrons. The Bertz CT molecular complexity index is 520. The first-order valence-corrected chi connectivity index (χ1v) is 9.28. The summed E-state index contributed by atoms with van der Waals surface area (Å²) in [5, 5.41) is 14.1. The number of aromatic nitrogens is 1. The molecule has 0 aromatic carbocycles. The lowest BCUT2D eigenvalue weighted by atomic mass is 9.87. The van der Waals surface area contributed by atoms with Crippen LogP contribution in [0, 0.1) is 22.0 Å². The van der Waals surface area contributed by atoms with Crippen molar-refractivity contribution in [3.63, 3.8) is 0 Å². The minimum absolute atomic E-state index is 0.0616. The molecule has 1 aromatic rings. The first-order chi connectivity index (χ1) is 11.7. The van der Waals surface area contributed by atoms with Gasteiger partial charge in [-0.25, -0.2) is 4.98 Å². The van der Waals surface area contributed by atoms with E-state index in [1.165, 1.54) is 64.2 Å². The maximum absolute atomic E-state index is 10.7. The van der Waals surface area contributed by atoms with Crippen LogP contribution in [-0.2, 0) is 0 Å². The van der Waals surface area contributed by atoms with Crippen LogP contribution in [0.3, 0.4) is 0 Å². The lowest BCUT2D eigenvalue weighted by Gasteiger charge is -2.33. The molecule has 2 aliphatic rings. The summed E-state index contributed by atoms with van der Waals surface area (Å²) < 4.78 is 0. The van der Waals surface area contributed by atoms with Crippen molar-refractivity contribution in [3.8, 4) is 0 Å². The standard InChI is InChI=1S/C18H28N4O2/c23-22(24)17-4-5-18(20-14-17)21-12-8-16(9-13-21)3-1-2-15-6-10-19-11-7-15/h4-5,14-16,19H,1-3,6-13H2. The highest BCUT2D eigenvalue weighted by Gasteiger charge is 2.21. The summed E-state index contributed by atoms with van der Waals surface area (Å²) in [6.45, 7) is 4.43. The van der Waals surface area contributed by atoms with E-state index in [1.807, 2.05) is 0 Å². The maximum atomic E-state index is 10.7. The first kappa shape index (κ1) is 17.1. The number of nitrogens with zero attached hydrogens (tertiary/aromatic N) is 3. The van der Waals surface area contributed by atoms with Gasteiger partial charge in [0.2, 0.25) is 0 Å². The molecule has 0 atom stereocenters. The van der Waals surface area contributed by atoms with Crippen molar-refractivity contribution in [1.82, 2.24) is 10.3 Å². The molecule has 1 N–H and O–H groups in total. The van der Waals surface area contributed by atoms with Gasteiger partial charge in [0.05, 0.1) is 4.92 Å². The zero-order valence-corrected chi connectivity index (χ0v) is 14.3. The fourth-order valence-corrected chi connectivity index (χ4v) is 3.99. The molecule has 2 aliphatic heterocycles. The number of pyridine rings is 1. The summed E-state index contributed by atoms with van der Waals surface area (Å²) in [7, 11) is 0. The predicted molar refractivity (Wildman–Crippen MR) is 95.3 cm³/mol. The van der Waals surface area contributed by atoms with E-state index in [9.17, 15) is 10.1 Å². The number of anilines is 1. The molecule has 0 saturated carbocycles. The van der Waals surface area contributed by atoms with Crippen molar-refractivity contribution in [3.05, 3.63) is 28.4 Å². The normalized spacial score (nSPS) is 20.2. The van der Waals surface area contributed by atoms with Gasteiger partial charge in [0.15, 0.2) is 0 Å². The second-order valence-corrected chi connectivity index (χ2v) is 7.19. The number of hydrogen-bond acceptors (Lipinski definition) is 5. The molecular formula is C18H28N4O2. The smallest absolute Gasteiger partial charge is 0.287 e.